The molecule has 7 nitrogen and oxygen atoms in total. The van der Waals surface area contributed by atoms with Crippen molar-refractivity contribution in [2.24, 2.45) is 0 Å². The number of carbonyl (C=O) groups is 2. The second-order valence-corrected chi connectivity index (χ2v) is 8.56. The van der Waals surface area contributed by atoms with Gasteiger partial charge in [0, 0.05) is 25.0 Å². The minimum atomic E-state index is -1.14. The molecule has 0 saturated heterocycles. The zero-order chi connectivity index (χ0) is 26.9. The number of benzene rings is 3. The van der Waals surface area contributed by atoms with Crippen molar-refractivity contribution in [1.82, 2.24) is 9.88 Å². The standard InChI is InChI=1S/C30H28FN3O4/c1-37-25-13-14-26(27(18-25)38-2)33-30(36)29(23-11-6-12-24(31)17-23)34(20-22-10-7-15-32-19-22)28(35)16-21-8-4-3-5-9-21/h3-15,17-19,29H,16,20H2,1-2H3,(H,33,36)/t29-/m1/s1. The van der Waals surface area contributed by atoms with Crippen LogP contribution in [-0.2, 0) is 22.6 Å². The largest absolute Gasteiger partial charge is 0.497 e. The van der Waals surface area contributed by atoms with Gasteiger partial charge >= 0.3 is 0 Å². The number of carbonyl (C=O) groups excluding carboxylic acids is 2. The van der Waals surface area contributed by atoms with E-state index in [4.69, 9.17) is 9.47 Å². The van der Waals surface area contributed by atoms with Crippen molar-refractivity contribution in [2.75, 3.05) is 19.5 Å². The van der Waals surface area contributed by atoms with Gasteiger partial charge in [0.1, 0.15) is 23.4 Å². The van der Waals surface area contributed by atoms with Crippen molar-refractivity contribution < 1.29 is 23.5 Å². The Morgan fingerprint density at radius 2 is 1.71 bits per heavy atom. The molecule has 38 heavy (non-hydrogen) atoms. The van der Waals surface area contributed by atoms with E-state index in [1.165, 1.54) is 37.3 Å². The summed E-state index contributed by atoms with van der Waals surface area (Å²) in [6, 6.07) is 22.4. The van der Waals surface area contributed by atoms with E-state index in [-0.39, 0.29) is 18.9 Å². The summed E-state index contributed by atoms with van der Waals surface area (Å²) in [5, 5.41) is 2.86. The van der Waals surface area contributed by atoms with Crippen LogP contribution in [-0.4, -0.2) is 35.9 Å². The number of methoxy groups -OCH3 is 2. The lowest BCUT2D eigenvalue weighted by atomic mass is 10.0. The van der Waals surface area contributed by atoms with Gasteiger partial charge in [0.05, 0.1) is 26.3 Å². The summed E-state index contributed by atoms with van der Waals surface area (Å²) in [5.41, 5.74) is 2.24. The molecule has 4 aromatic rings. The summed E-state index contributed by atoms with van der Waals surface area (Å²) in [4.78, 5) is 33.3. The van der Waals surface area contributed by atoms with Crippen LogP contribution >= 0.6 is 0 Å². The maximum Gasteiger partial charge on any atom is 0.251 e. The number of anilines is 1. The average Bonchev–Trinajstić information content (AvgIpc) is 2.94. The summed E-state index contributed by atoms with van der Waals surface area (Å²) in [7, 11) is 3.01. The molecule has 8 heteroatoms. The maximum absolute atomic E-state index is 14.4. The number of nitrogens with one attached hydrogen (secondary N) is 1. The zero-order valence-electron chi connectivity index (χ0n) is 21.1. The van der Waals surface area contributed by atoms with E-state index in [2.05, 4.69) is 10.3 Å². The fourth-order valence-electron chi connectivity index (χ4n) is 4.14. The van der Waals surface area contributed by atoms with Crippen LogP contribution in [0.1, 0.15) is 22.7 Å². The predicted molar refractivity (Wildman–Crippen MR) is 142 cm³/mol. The molecule has 0 bridgehead atoms. The molecule has 0 unspecified atom stereocenters. The highest BCUT2D eigenvalue weighted by atomic mass is 19.1. The van der Waals surface area contributed by atoms with E-state index in [1.807, 2.05) is 36.4 Å². The summed E-state index contributed by atoms with van der Waals surface area (Å²) < 4.78 is 25.1. The lowest BCUT2D eigenvalue weighted by molar-refractivity contribution is -0.139. The molecule has 0 aliphatic carbocycles. The van der Waals surface area contributed by atoms with Crippen LogP contribution < -0.4 is 14.8 Å². The highest BCUT2D eigenvalue weighted by Crippen LogP contribution is 2.32. The summed E-state index contributed by atoms with van der Waals surface area (Å²) >= 11 is 0. The summed E-state index contributed by atoms with van der Waals surface area (Å²) in [6.45, 7) is 0.0911. The quantitative estimate of drug-likeness (QED) is 0.316. The number of pyridine rings is 1. The van der Waals surface area contributed by atoms with Crippen LogP contribution in [0, 0.1) is 5.82 Å². The SMILES string of the molecule is COc1ccc(NC(=O)[C@@H](c2cccc(F)c2)N(Cc2cccnc2)C(=O)Cc2ccccc2)c(OC)c1. The molecule has 1 atom stereocenters. The Hall–Kier alpha value is -4.72. The van der Waals surface area contributed by atoms with Gasteiger partial charge in [-0.2, -0.15) is 0 Å². The van der Waals surface area contributed by atoms with Crippen molar-refractivity contribution in [3.8, 4) is 11.5 Å². The van der Waals surface area contributed by atoms with E-state index in [0.717, 1.165) is 11.1 Å². The van der Waals surface area contributed by atoms with Crippen molar-refractivity contribution >= 4 is 17.5 Å². The monoisotopic (exact) mass is 513 g/mol. The first-order valence-corrected chi connectivity index (χ1v) is 12.0. The van der Waals surface area contributed by atoms with Gasteiger partial charge in [-0.25, -0.2) is 4.39 Å². The van der Waals surface area contributed by atoms with Crippen LogP contribution in [0.15, 0.2) is 97.3 Å². The van der Waals surface area contributed by atoms with Crippen LogP contribution in [0.4, 0.5) is 10.1 Å². The van der Waals surface area contributed by atoms with Crippen molar-refractivity contribution in [3.05, 3.63) is 120 Å². The highest BCUT2D eigenvalue weighted by molar-refractivity contribution is 5.99. The van der Waals surface area contributed by atoms with Crippen molar-refractivity contribution in [1.29, 1.82) is 0 Å². The third-order valence-corrected chi connectivity index (χ3v) is 5.99. The zero-order valence-corrected chi connectivity index (χ0v) is 21.1. The van der Waals surface area contributed by atoms with Crippen molar-refractivity contribution in [3.63, 3.8) is 0 Å². The van der Waals surface area contributed by atoms with Gasteiger partial charge in [0.25, 0.3) is 5.91 Å². The molecule has 4 rings (SSSR count). The third kappa shape index (κ3) is 6.53. The first-order chi connectivity index (χ1) is 18.5. The number of halogens is 1. The first kappa shape index (κ1) is 26.3. The highest BCUT2D eigenvalue weighted by Gasteiger charge is 2.32. The Labute approximate surface area is 220 Å². The lowest BCUT2D eigenvalue weighted by Crippen LogP contribution is -2.41. The molecule has 3 aromatic carbocycles. The molecular weight excluding hydrogens is 485 g/mol. The molecule has 0 radical (unpaired) electrons. The molecule has 1 aromatic heterocycles. The molecule has 1 N–H and O–H groups in total. The van der Waals surface area contributed by atoms with Crippen LogP contribution in [0.5, 0.6) is 11.5 Å². The van der Waals surface area contributed by atoms with E-state index in [0.29, 0.717) is 22.7 Å². The Morgan fingerprint density at radius 3 is 2.39 bits per heavy atom. The van der Waals surface area contributed by atoms with Gasteiger partial charge < -0.3 is 19.7 Å². The van der Waals surface area contributed by atoms with Crippen LogP contribution in [0.25, 0.3) is 0 Å². The van der Waals surface area contributed by atoms with Gasteiger partial charge in [0.15, 0.2) is 0 Å². The Kier molecular flexibility index (Phi) is 8.66. The second kappa shape index (κ2) is 12.5. The number of amides is 2. The minimum Gasteiger partial charge on any atom is -0.497 e. The van der Waals surface area contributed by atoms with Crippen molar-refractivity contribution in [2.45, 2.75) is 19.0 Å². The average molecular weight is 514 g/mol. The molecule has 0 aliphatic rings. The van der Waals surface area contributed by atoms with E-state index >= 15 is 0 Å². The molecule has 1 heterocycles. The maximum atomic E-state index is 14.4. The number of hydrogen-bond acceptors (Lipinski definition) is 5. The normalized spacial score (nSPS) is 11.3. The fraction of sp³-hybridized carbons (Fsp3) is 0.167. The predicted octanol–water partition coefficient (Wildman–Crippen LogP) is 5.19. The summed E-state index contributed by atoms with van der Waals surface area (Å²) in [6.07, 6.45) is 3.33. The van der Waals surface area contributed by atoms with Crippen LogP contribution in [0.2, 0.25) is 0 Å². The lowest BCUT2D eigenvalue weighted by Gasteiger charge is -2.32. The van der Waals surface area contributed by atoms with Crippen LogP contribution in [0.3, 0.4) is 0 Å². The molecule has 0 aliphatic heterocycles. The fourth-order valence-corrected chi connectivity index (χ4v) is 4.14. The van der Waals surface area contributed by atoms with Gasteiger partial charge in [-0.15, -0.1) is 0 Å². The number of ether oxygens (including phenoxy) is 2. The Bertz CT molecular complexity index is 1380. The first-order valence-electron chi connectivity index (χ1n) is 12.0. The topological polar surface area (TPSA) is 80.8 Å². The molecule has 194 valence electrons. The van der Waals surface area contributed by atoms with Gasteiger partial charge in [-0.05, 0) is 47.0 Å². The van der Waals surface area contributed by atoms with Gasteiger partial charge in [0.2, 0.25) is 5.91 Å². The number of nitrogens with zero attached hydrogens (tertiary/aromatic N) is 2. The van der Waals surface area contributed by atoms with E-state index in [9.17, 15) is 14.0 Å². The van der Waals surface area contributed by atoms with Gasteiger partial charge in [-0.1, -0.05) is 48.5 Å². The molecule has 0 fully saturated rings. The molecule has 0 spiro atoms. The molecule has 0 saturated carbocycles. The van der Waals surface area contributed by atoms with Gasteiger partial charge in [-0.3, -0.25) is 14.6 Å². The van der Waals surface area contributed by atoms with E-state index in [1.54, 1.807) is 42.7 Å². The second-order valence-electron chi connectivity index (χ2n) is 8.56. The van der Waals surface area contributed by atoms with E-state index < -0.39 is 17.8 Å². The third-order valence-electron chi connectivity index (χ3n) is 5.99. The smallest absolute Gasteiger partial charge is 0.251 e. The number of rotatable bonds is 10. The number of hydrogen-bond donors (Lipinski definition) is 1. The minimum absolute atomic E-state index is 0.0616. The Balaban J connectivity index is 1.75. The molecular formula is C30H28FN3O4. The molecule has 2 amide bonds. The Morgan fingerprint density at radius 1 is 0.921 bits per heavy atom. The summed E-state index contributed by atoms with van der Waals surface area (Å²) in [5.74, 6) is -0.405. The number of aromatic nitrogens is 1.